The molecule has 7 nitrogen and oxygen atoms in total. The summed E-state index contributed by atoms with van der Waals surface area (Å²) in [5.41, 5.74) is 11.2. The maximum absolute atomic E-state index is 14.9. The van der Waals surface area contributed by atoms with Gasteiger partial charge in [0.15, 0.2) is 18.6 Å². The van der Waals surface area contributed by atoms with Crippen molar-refractivity contribution in [1.29, 1.82) is 0 Å². The van der Waals surface area contributed by atoms with E-state index in [1.807, 2.05) is 0 Å². The van der Waals surface area contributed by atoms with Crippen LogP contribution in [0.3, 0.4) is 0 Å². The van der Waals surface area contributed by atoms with E-state index in [2.05, 4.69) is 35.0 Å². The molecule has 3 N–H and O–H groups in total. The summed E-state index contributed by atoms with van der Waals surface area (Å²) in [7, 11) is 1.13. The predicted octanol–water partition coefficient (Wildman–Crippen LogP) is 4.05. The monoisotopic (exact) mass is 400 g/mol. The Morgan fingerprint density at radius 2 is 2.14 bits per heavy atom. The molecule has 0 bridgehead atoms. The third-order valence-corrected chi connectivity index (χ3v) is 4.40. The molecule has 0 unspecified atom stereocenters. The number of hydrazine groups is 2. The van der Waals surface area contributed by atoms with Gasteiger partial charge in [0.05, 0.1) is 17.0 Å². The van der Waals surface area contributed by atoms with Crippen molar-refractivity contribution in [2.45, 2.75) is 19.8 Å². The molecule has 9 heteroatoms. The van der Waals surface area contributed by atoms with Crippen molar-refractivity contribution >= 4 is 11.3 Å². The van der Waals surface area contributed by atoms with E-state index >= 15 is 0 Å². The lowest BCUT2D eigenvalue weighted by Crippen LogP contribution is -2.32. The summed E-state index contributed by atoms with van der Waals surface area (Å²) < 4.78 is 29.3. The van der Waals surface area contributed by atoms with Gasteiger partial charge in [-0.3, -0.25) is 0 Å². The quantitative estimate of drug-likeness (QED) is 0.381. The van der Waals surface area contributed by atoms with Crippen LogP contribution in [0.5, 0.6) is 0 Å². The topological polar surface area (TPSA) is 77.8 Å². The molecule has 0 aromatic heterocycles. The summed E-state index contributed by atoms with van der Waals surface area (Å²) in [6, 6.07) is 2.22. The first-order valence-corrected chi connectivity index (χ1v) is 9.08. The second-order valence-corrected chi connectivity index (χ2v) is 6.39. The Kier molecular flexibility index (Phi) is 6.08. The Labute approximate surface area is 167 Å². The Bertz CT molecular complexity index is 973. The number of nitrogens with zero attached hydrogens (tertiary/aromatic N) is 3. The van der Waals surface area contributed by atoms with E-state index in [0.717, 1.165) is 49.0 Å². The highest BCUT2D eigenvalue weighted by molar-refractivity contribution is 5.78. The van der Waals surface area contributed by atoms with Gasteiger partial charge in [-0.25, -0.2) is 8.78 Å². The molecule has 0 fully saturated rings. The fraction of sp³-hybridized carbons (Fsp3) is 0.200. The second-order valence-electron chi connectivity index (χ2n) is 6.39. The number of hydroxylamine groups is 1. The number of benzene rings is 1. The van der Waals surface area contributed by atoms with Crippen LogP contribution in [0.2, 0.25) is 0 Å². The highest BCUT2D eigenvalue weighted by atomic mass is 19.1. The van der Waals surface area contributed by atoms with Crippen LogP contribution < -0.4 is 16.4 Å². The highest BCUT2D eigenvalue weighted by Gasteiger charge is 2.23. The lowest BCUT2D eigenvalue weighted by molar-refractivity contribution is -0.493. The first kappa shape index (κ1) is 20.3. The molecule has 29 heavy (non-hydrogen) atoms. The molecule has 0 saturated carbocycles. The minimum absolute atomic E-state index is 0.226. The molecule has 1 aromatic carbocycles. The van der Waals surface area contributed by atoms with Crippen LogP contribution in [0.25, 0.3) is 5.57 Å². The molecule has 2 aliphatic heterocycles. The zero-order valence-electron chi connectivity index (χ0n) is 16.2. The van der Waals surface area contributed by atoms with Gasteiger partial charge in [-0.2, -0.15) is 5.53 Å². The Morgan fingerprint density at radius 1 is 1.34 bits per heavy atom. The van der Waals surface area contributed by atoms with E-state index < -0.39 is 11.6 Å². The zero-order chi connectivity index (χ0) is 21.0. The minimum atomic E-state index is -0.901. The average molecular weight is 400 g/mol. The lowest BCUT2D eigenvalue weighted by atomic mass is 9.98. The molecule has 0 aliphatic carbocycles. The molecule has 0 saturated heterocycles. The van der Waals surface area contributed by atoms with Crippen molar-refractivity contribution in [2.75, 3.05) is 7.05 Å². The number of hydrogen-bond acceptors (Lipinski definition) is 6. The molecule has 2 heterocycles. The van der Waals surface area contributed by atoms with Crippen LogP contribution in [0.15, 0.2) is 71.5 Å². The lowest BCUT2D eigenvalue weighted by Gasteiger charge is -2.26. The molecule has 0 radical (unpaired) electrons. The van der Waals surface area contributed by atoms with Crippen LogP contribution in [0.4, 0.5) is 14.5 Å². The maximum atomic E-state index is 14.9. The fourth-order valence-electron chi connectivity index (χ4n) is 3.17. The first-order valence-electron chi connectivity index (χ1n) is 9.08. The number of halogens is 2. The van der Waals surface area contributed by atoms with E-state index in [-0.39, 0.29) is 16.1 Å². The van der Waals surface area contributed by atoms with Crippen molar-refractivity contribution in [1.82, 2.24) is 21.3 Å². The van der Waals surface area contributed by atoms with Crippen LogP contribution in [0, 0.1) is 16.8 Å². The van der Waals surface area contributed by atoms with Crippen molar-refractivity contribution in [2.24, 2.45) is 5.11 Å². The smallest absolute Gasteiger partial charge is 0.171 e. The zero-order valence-corrected chi connectivity index (χ0v) is 16.2. The van der Waals surface area contributed by atoms with E-state index in [4.69, 9.17) is 0 Å². The summed E-state index contributed by atoms with van der Waals surface area (Å²) >= 11 is 0. The summed E-state index contributed by atoms with van der Waals surface area (Å²) in [6.07, 6.45) is 10.1. The van der Waals surface area contributed by atoms with Crippen molar-refractivity contribution < 1.29 is 13.6 Å². The highest BCUT2D eigenvalue weighted by Crippen LogP contribution is 2.34. The molecule has 2 aliphatic rings. The summed E-state index contributed by atoms with van der Waals surface area (Å²) in [5, 5.41) is 14.7. The normalized spacial score (nSPS) is 18.1. The maximum Gasteiger partial charge on any atom is 0.171 e. The van der Waals surface area contributed by atoms with E-state index in [1.54, 1.807) is 35.7 Å². The Morgan fingerprint density at radius 3 is 2.76 bits per heavy atom. The van der Waals surface area contributed by atoms with Gasteiger partial charge in [0.1, 0.15) is 5.82 Å². The minimum Gasteiger partial charge on any atom is -0.600 e. The predicted molar refractivity (Wildman–Crippen MR) is 107 cm³/mol. The molecule has 0 amide bonds. The van der Waals surface area contributed by atoms with Gasteiger partial charge in [0.2, 0.25) is 0 Å². The molecule has 152 valence electrons. The van der Waals surface area contributed by atoms with Gasteiger partial charge in [-0.15, -0.1) is 0 Å². The van der Waals surface area contributed by atoms with Gasteiger partial charge in [0.25, 0.3) is 0 Å². The summed E-state index contributed by atoms with van der Waals surface area (Å²) in [5.74, 6) is -1.65. The van der Waals surface area contributed by atoms with E-state index in [0.29, 0.717) is 5.57 Å². The van der Waals surface area contributed by atoms with Crippen LogP contribution in [0.1, 0.15) is 25.3 Å². The van der Waals surface area contributed by atoms with Crippen LogP contribution in [-0.2, 0) is 0 Å². The van der Waals surface area contributed by atoms with Crippen LogP contribution >= 0.6 is 0 Å². The van der Waals surface area contributed by atoms with E-state index in [1.165, 1.54) is 0 Å². The number of azo groups is 1. The van der Waals surface area contributed by atoms with Gasteiger partial charge in [-0.1, -0.05) is 30.9 Å². The fourth-order valence-corrected chi connectivity index (χ4v) is 3.17. The number of nitrogens with one attached hydrogen (secondary N) is 3. The number of rotatable bonds is 6. The third-order valence-electron chi connectivity index (χ3n) is 4.40. The van der Waals surface area contributed by atoms with Crippen molar-refractivity contribution in [3.63, 3.8) is 0 Å². The largest absolute Gasteiger partial charge is 0.600 e. The molecule has 1 aromatic rings. The summed E-state index contributed by atoms with van der Waals surface area (Å²) in [4.78, 5) is 1.94. The van der Waals surface area contributed by atoms with Gasteiger partial charge in [-0.05, 0) is 24.6 Å². The van der Waals surface area contributed by atoms with Crippen molar-refractivity contribution in [3.05, 3.63) is 88.8 Å². The standard InChI is InChI=1S/C20H22F2N6O/c1-4-6-14(17-11-23-26-24-17)18-10-7-13(12-28(18)5-2)19-15(21)8-9-16(20(19)22)25-27(3)29/h5,7-12,23-24,26H,2,4,6H2,1,3H3/b18-14+,27-25?. The van der Waals surface area contributed by atoms with Gasteiger partial charge in [0, 0.05) is 34.9 Å². The van der Waals surface area contributed by atoms with Gasteiger partial charge < -0.3 is 21.0 Å². The SMILES string of the molecule is C=CN1C=C(c2c(F)ccc(N=[N+](C)[O-])c2F)C=C/C1=C(/CCC)C1=CNNN1. The number of allylic oxidation sites excluding steroid dienone is 4. The van der Waals surface area contributed by atoms with Gasteiger partial charge >= 0.3 is 0 Å². The molecule has 3 rings (SSSR count). The molecular weight excluding hydrogens is 378 g/mol. The molecule has 0 spiro atoms. The first-order chi connectivity index (χ1) is 14.0. The molecular formula is C20H22F2N6O. The Balaban J connectivity index is 2.08. The number of hydrogen-bond donors (Lipinski definition) is 3. The van der Waals surface area contributed by atoms with E-state index in [9.17, 15) is 14.0 Å². The van der Waals surface area contributed by atoms with Crippen LogP contribution in [-0.4, -0.2) is 16.8 Å². The molecule has 0 atom stereocenters. The average Bonchev–Trinajstić information content (AvgIpc) is 3.23. The third kappa shape index (κ3) is 4.19. The Hall–Kier alpha value is -3.46. The second kappa shape index (κ2) is 8.70. The summed E-state index contributed by atoms with van der Waals surface area (Å²) in [6.45, 7) is 5.89. The van der Waals surface area contributed by atoms with Crippen molar-refractivity contribution in [3.8, 4) is 0 Å².